The van der Waals surface area contributed by atoms with Crippen LogP contribution in [0.3, 0.4) is 0 Å². The molecule has 0 aliphatic carbocycles. The summed E-state index contributed by atoms with van der Waals surface area (Å²) in [6.45, 7) is 7.84. The molecule has 1 heterocycles. The number of hydrogen-bond acceptors (Lipinski definition) is 3. The van der Waals surface area contributed by atoms with Gasteiger partial charge in [0, 0.05) is 39.6 Å². The number of piperazine rings is 1. The zero-order valence-electron chi connectivity index (χ0n) is 9.36. The molecule has 0 atom stereocenters. The van der Waals surface area contributed by atoms with E-state index in [0.29, 0.717) is 5.96 Å². The van der Waals surface area contributed by atoms with E-state index < -0.39 is 5.97 Å². The Morgan fingerprint density at radius 1 is 1.53 bits per heavy atom. The van der Waals surface area contributed by atoms with Crippen LogP contribution in [0.2, 0.25) is 0 Å². The predicted molar refractivity (Wildman–Crippen MR) is 59.9 cm³/mol. The predicted octanol–water partition coefficient (Wildman–Crippen LogP) is -0.683. The summed E-state index contributed by atoms with van der Waals surface area (Å²) in [5.74, 6) is -0.144. The number of aliphatic carboxylic acids is 1. The van der Waals surface area contributed by atoms with E-state index in [1.807, 2.05) is 6.92 Å². The van der Waals surface area contributed by atoms with Gasteiger partial charge in [-0.05, 0) is 6.92 Å². The van der Waals surface area contributed by atoms with Gasteiger partial charge in [0.25, 0.3) is 5.97 Å². The van der Waals surface area contributed by atoms with Crippen molar-refractivity contribution < 1.29 is 9.90 Å². The van der Waals surface area contributed by atoms with Crippen molar-refractivity contribution in [1.29, 1.82) is 0 Å². The van der Waals surface area contributed by atoms with Crippen LogP contribution in [0.4, 0.5) is 0 Å². The first-order chi connectivity index (χ1) is 7.07. The van der Waals surface area contributed by atoms with Crippen molar-refractivity contribution >= 4 is 11.9 Å². The van der Waals surface area contributed by atoms with Gasteiger partial charge in [0.2, 0.25) is 0 Å². The van der Waals surface area contributed by atoms with Gasteiger partial charge in [-0.15, -0.1) is 0 Å². The van der Waals surface area contributed by atoms with Gasteiger partial charge in [0.15, 0.2) is 5.96 Å². The van der Waals surface area contributed by atoms with Crippen LogP contribution < -0.4 is 11.1 Å². The number of nitrogens with zero attached hydrogens (tertiary/aromatic N) is 2. The second kappa shape index (κ2) is 8.05. The van der Waals surface area contributed by atoms with E-state index in [9.17, 15) is 0 Å². The van der Waals surface area contributed by atoms with Gasteiger partial charge in [-0.1, -0.05) is 0 Å². The number of rotatable bonds is 1. The first-order valence-electron chi connectivity index (χ1n) is 5.03. The second-order valence-electron chi connectivity index (χ2n) is 3.09. The molecule has 6 heteroatoms. The van der Waals surface area contributed by atoms with Crippen LogP contribution in [-0.4, -0.2) is 54.7 Å². The van der Waals surface area contributed by atoms with Gasteiger partial charge in [0.05, 0.1) is 0 Å². The summed E-state index contributed by atoms with van der Waals surface area (Å²) in [6, 6.07) is 0. The second-order valence-corrected chi connectivity index (χ2v) is 3.09. The molecule has 0 aromatic carbocycles. The fourth-order valence-electron chi connectivity index (χ4n) is 1.16. The first-order valence-corrected chi connectivity index (χ1v) is 5.03. The van der Waals surface area contributed by atoms with E-state index in [1.54, 1.807) is 0 Å². The first kappa shape index (κ1) is 13.7. The lowest BCUT2D eigenvalue weighted by atomic mass is 10.4. The van der Waals surface area contributed by atoms with E-state index >= 15 is 0 Å². The summed E-state index contributed by atoms with van der Waals surface area (Å²) < 4.78 is 0. The number of carboxylic acids is 1. The van der Waals surface area contributed by atoms with Crippen molar-refractivity contribution in [2.75, 3.05) is 32.7 Å². The molecule has 0 unspecified atom stereocenters. The molecule has 0 radical (unpaired) electrons. The Bertz CT molecular complexity index is 208. The fraction of sp³-hybridized carbons (Fsp3) is 0.778. The molecule has 0 bridgehead atoms. The van der Waals surface area contributed by atoms with Crippen LogP contribution in [0.5, 0.6) is 0 Å². The average molecular weight is 216 g/mol. The highest BCUT2D eigenvalue weighted by molar-refractivity contribution is 5.78. The summed E-state index contributed by atoms with van der Waals surface area (Å²) >= 11 is 0. The highest BCUT2D eigenvalue weighted by Gasteiger charge is 2.10. The third-order valence-electron chi connectivity index (χ3n) is 1.76. The van der Waals surface area contributed by atoms with E-state index in [2.05, 4.69) is 15.2 Å². The Balaban J connectivity index is 0.000000423. The van der Waals surface area contributed by atoms with Gasteiger partial charge in [-0.25, -0.2) is 0 Å². The van der Waals surface area contributed by atoms with Crippen molar-refractivity contribution in [2.45, 2.75) is 13.8 Å². The maximum atomic E-state index is 9.00. The summed E-state index contributed by atoms with van der Waals surface area (Å²) in [6.07, 6.45) is 0. The molecule has 4 N–H and O–H groups in total. The van der Waals surface area contributed by atoms with Crippen LogP contribution in [-0.2, 0) is 4.79 Å². The molecule has 15 heavy (non-hydrogen) atoms. The molecule has 0 spiro atoms. The Morgan fingerprint density at radius 3 is 2.40 bits per heavy atom. The van der Waals surface area contributed by atoms with Crippen LogP contribution in [0.1, 0.15) is 13.8 Å². The van der Waals surface area contributed by atoms with Crippen molar-refractivity contribution in [2.24, 2.45) is 10.7 Å². The Kier molecular flexibility index (Phi) is 7.35. The van der Waals surface area contributed by atoms with E-state index in [-0.39, 0.29) is 0 Å². The van der Waals surface area contributed by atoms with E-state index in [1.165, 1.54) is 0 Å². The molecular weight excluding hydrogens is 196 g/mol. The summed E-state index contributed by atoms with van der Waals surface area (Å²) in [7, 11) is 0. The maximum absolute atomic E-state index is 9.00. The van der Waals surface area contributed by atoms with Crippen molar-refractivity contribution in [3.8, 4) is 0 Å². The number of carbonyl (C=O) groups is 1. The standard InChI is InChI=1S/C7H16N4.C2H4O2/c1-2-10-7(8)11-5-3-9-4-6-11;1-2(3)4/h9H,2-6H2,1H3,(H2,8,10);1H3,(H,3,4). The Labute approximate surface area is 90.2 Å². The largest absolute Gasteiger partial charge is 0.481 e. The molecule has 1 rings (SSSR count). The third-order valence-corrected chi connectivity index (χ3v) is 1.76. The molecule has 88 valence electrons. The van der Waals surface area contributed by atoms with Crippen LogP contribution in [0.25, 0.3) is 0 Å². The summed E-state index contributed by atoms with van der Waals surface area (Å²) in [5, 5.41) is 10.7. The van der Waals surface area contributed by atoms with Gasteiger partial charge in [0.1, 0.15) is 0 Å². The third kappa shape index (κ3) is 7.75. The summed E-state index contributed by atoms with van der Waals surface area (Å²) in [4.78, 5) is 15.3. The van der Waals surface area contributed by atoms with Gasteiger partial charge in [-0.3, -0.25) is 9.79 Å². The molecule has 0 aromatic heterocycles. The quantitative estimate of drug-likeness (QED) is 0.399. The fourth-order valence-corrected chi connectivity index (χ4v) is 1.16. The zero-order chi connectivity index (χ0) is 11.7. The minimum atomic E-state index is -0.833. The molecule has 1 fully saturated rings. The Morgan fingerprint density at radius 2 is 2.00 bits per heavy atom. The normalized spacial score (nSPS) is 16.7. The number of nitrogens with one attached hydrogen (secondary N) is 1. The lowest BCUT2D eigenvalue weighted by molar-refractivity contribution is -0.134. The molecule has 0 saturated carbocycles. The molecule has 1 aliphatic rings. The highest BCUT2D eigenvalue weighted by atomic mass is 16.4. The van der Waals surface area contributed by atoms with Crippen LogP contribution >= 0.6 is 0 Å². The smallest absolute Gasteiger partial charge is 0.300 e. The van der Waals surface area contributed by atoms with Gasteiger partial charge in [-0.2, -0.15) is 0 Å². The van der Waals surface area contributed by atoms with Crippen LogP contribution in [0.15, 0.2) is 4.99 Å². The van der Waals surface area contributed by atoms with Crippen molar-refractivity contribution in [3.63, 3.8) is 0 Å². The number of carboxylic acid groups (broad SMARTS) is 1. The Hall–Kier alpha value is -1.30. The van der Waals surface area contributed by atoms with Crippen molar-refractivity contribution in [3.05, 3.63) is 0 Å². The molecular formula is C9H20N4O2. The monoisotopic (exact) mass is 216 g/mol. The molecule has 0 amide bonds. The average Bonchev–Trinajstić information content (AvgIpc) is 2.19. The molecule has 0 aromatic rings. The minimum absolute atomic E-state index is 0.689. The van der Waals surface area contributed by atoms with E-state index in [4.69, 9.17) is 15.6 Å². The van der Waals surface area contributed by atoms with Gasteiger partial charge >= 0.3 is 0 Å². The van der Waals surface area contributed by atoms with Gasteiger partial charge < -0.3 is 21.1 Å². The lowest BCUT2D eigenvalue weighted by Gasteiger charge is -2.28. The molecule has 1 aliphatic heterocycles. The lowest BCUT2D eigenvalue weighted by Crippen LogP contribution is -2.49. The maximum Gasteiger partial charge on any atom is 0.300 e. The zero-order valence-corrected chi connectivity index (χ0v) is 9.36. The SMILES string of the molecule is CC(=O)O.CCN=C(N)N1CCNCC1. The number of aliphatic imine (C=N–C) groups is 1. The molecule has 6 nitrogen and oxygen atoms in total. The number of nitrogens with two attached hydrogens (primary N) is 1. The van der Waals surface area contributed by atoms with Crippen molar-refractivity contribution in [1.82, 2.24) is 10.2 Å². The molecule has 1 saturated heterocycles. The minimum Gasteiger partial charge on any atom is -0.481 e. The number of hydrogen-bond donors (Lipinski definition) is 3. The van der Waals surface area contributed by atoms with E-state index in [0.717, 1.165) is 39.6 Å². The highest BCUT2D eigenvalue weighted by Crippen LogP contribution is 1.90. The number of guanidine groups is 1. The topological polar surface area (TPSA) is 90.9 Å². The summed E-state index contributed by atoms with van der Waals surface area (Å²) in [5.41, 5.74) is 5.71. The van der Waals surface area contributed by atoms with Crippen LogP contribution in [0, 0.1) is 0 Å².